The van der Waals surface area contributed by atoms with E-state index in [2.05, 4.69) is 11.2 Å². The zero-order valence-corrected chi connectivity index (χ0v) is 13.0. The van der Waals surface area contributed by atoms with Crippen molar-refractivity contribution in [1.29, 1.82) is 0 Å². The Morgan fingerprint density at radius 1 is 1.40 bits per heavy atom. The molecule has 5 heteroatoms. The van der Waals surface area contributed by atoms with Crippen molar-refractivity contribution >= 4 is 11.6 Å². The first-order valence-electron chi connectivity index (χ1n) is 6.57. The molecule has 20 heavy (non-hydrogen) atoms. The minimum Gasteiger partial charge on any atom is -0.487 e. The molecule has 0 aliphatic carbocycles. The summed E-state index contributed by atoms with van der Waals surface area (Å²) in [6, 6.07) is 6.02. The molecular weight excluding hydrogens is 274 g/mol. The molecule has 0 spiro atoms. The van der Waals surface area contributed by atoms with Crippen molar-refractivity contribution in [2.24, 2.45) is 12.8 Å². The molecule has 2 rings (SSSR count). The zero-order chi connectivity index (χ0) is 14.9. The highest BCUT2D eigenvalue weighted by atomic mass is 35.5. The molecule has 0 saturated heterocycles. The number of nitrogens with zero attached hydrogens (tertiary/aromatic N) is 2. The SMILES string of the molecule is Cc1cc(C(C)N)ccc1OCc1c(Cl)c(C)nn1C. The summed E-state index contributed by atoms with van der Waals surface area (Å²) in [7, 11) is 1.86. The summed E-state index contributed by atoms with van der Waals surface area (Å²) in [5.41, 5.74) is 9.73. The van der Waals surface area contributed by atoms with Gasteiger partial charge in [-0.1, -0.05) is 23.7 Å². The molecule has 0 aliphatic heterocycles. The van der Waals surface area contributed by atoms with E-state index in [4.69, 9.17) is 22.1 Å². The van der Waals surface area contributed by atoms with Crippen molar-refractivity contribution in [3.63, 3.8) is 0 Å². The van der Waals surface area contributed by atoms with Gasteiger partial charge in [0, 0.05) is 13.1 Å². The second kappa shape index (κ2) is 5.85. The number of aryl methyl sites for hydroxylation is 3. The standard InChI is InChI=1S/C15H20ClN3O/c1-9-7-12(10(2)17)5-6-14(9)20-8-13-15(16)11(3)18-19(13)4/h5-7,10H,8,17H2,1-4H3. The third-order valence-corrected chi connectivity index (χ3v) is 3.84. The van der Waals surface area contributed by atoms with Crippen LogP contribution < -0.4 is 10.5 Å². The maximum atomic E-state index is 6.21. The highest BCUT2D eigenvalue weighted by Crippen LogP contribution is 2.25. The lowest BCUT2D eigenvalue weighted by Gasteiger charge is -2.12. The van der Waals surface area contributed by atoms with Crippen LogP contribution in [0.5, 0.6) is 5.75 Å². The molecule has 1 unspecified atom stereocenters. The van der Waals surface area contributed by atoms with Crippen LogP contribution >= 0.6 is 11.6 Å². The first-order valence-corrected chi connectivity index (χ1v) is 6.95. The van der Waals surface area contributed by atoms with E-state index in [0.717, 1.165) is 28.3 Å². The lowest BCUT2D eigenvalue weighted by atomic mass is 10.1. The van der Waals surface area contributed by atoms with Crippen LogP contribution in [-0.4, -0.2) is 9.78 Å². The quantitative estimate of drug-likeness (QED) is 0.941. The summed E-state index contributed by atoms with van der Waals surface area (Å²) in [5, 5.41) is 4.94. The minimum atomic E-state index is 0.0249. The maximum Gasteiger partial charge on any atom is 0.131 e. The molecule has 1 aromatic carbocycles. The summed E-state index contributed by atoms with van der Waals surface area (Å²) in [5.74, 6) is 0.837. The monoisotopic (exact) mass is 293 g/mol. The summed E-state index contributed by atoms with van der Waals surface area (Å²) in [6.07, 6.45) is 0. The van der Waals surface area contributed by atoms with Crippen LogP contribution in [0, 0.1) is 13.8 Å². The lowest BCUT2D eigenvalue weighted by Crippen LogP contribution is -2.07. The van der Waals surface area contributed by atoms with Gasteiger partial charge in [0.05, 0.1) is 16.4 Å². The molecule has 0 radical (unpaired) electrons. The van der Waals surface area contributed by atoms with Gasteiger partial charge in [0.15, 0.2) is 0 Å². The van der Waals surface area contributed by atoms with Gasteiger partial charge in [-0.2, -0.15) is 5.10 Å². The van der Waals surface area contributed by atoms with E-state index in [-0.39, 0.29) is 6.04 Å². The first kappa shape index (κ1) is 14.9. The molecular formula is C15H20ClN3O. The van der Waals surface area contributed by atoms with E-state index in [1.54, 1.807) is 4.68 Å². The Morgan fingerprint density at radius 3 is 2.60 bits per heavy atom. The highest BCUT2D eigenvalue weighted by molar-refractivity contribution is 6.31. The van der Waals surface area contributed by atoms with Crippen LogP contribution in [0.4, 0.5) is 0 Å². The smallest absolute Gasteiger partial charge is 0.131 e. The van der Waals surface area contributed by atoms with Gasteiger partial charge in [-0.3, -0.25) is 4.68 Å². The number of hydrogen-bond donors (Lipinski definition) is 1. The fourth-order valence-electron chi connectivity index (χ4n) is 2.10. The molecule has 0 amide bonds. The van der Waals surface area contributed by atoms with Crippen molar-refractivity contribution in [1.82, 2.24) is 9.78 Å². The maximum absolute atomic E-state index is 6.21. The predicted molar refractivity (Wildman–Crippen MR) is 81.1 cm³/mol. The summed E-state index contributed by atoms with van der Waals surface area (Å²) >= 11 is 6.21. The Balaban J connectivity index is 2.15. The largest absolute Gasteiger partial charge is 0.487 e. The average molecular weight is 294 g/mol. The highest BCUT2D eigenvalue weighted by Gasteiger charge is 2.12. The van der Waals surface area contributed by atoms with Crippen molar-refractivity contribution < 1.29 is 4.74 Å². The normalized spacial score (nSPS) is 12.5. The van der Waals surface area contributed by atoms with Gasteiger partial charge in [-0.15, -0.1) is 0 Å². The molecule has 1 aromatic heterocycles. The minimum absolute atomic E-state index is 0.0249. The predicted octanol–water partition coefficient (Wildman–Crippen LogP) is 3.29. The average Bonchev–Trinajstić information content (AvgIpc) is 2.62. The summed E-state index contributed by atoms with van der Waals surface area (Å²) in [6.45, 7) is 6.26. The van der Waals surface area contributed by atoms with Gasteiger partial charge in [0.2, 0.25) is 0 Å². The molecule has 0 aliphatic rings. The summed E-state index contributed by atoms with van der Waals surface area (Å²) in [4.78, 5) is 0. The molecule has 2 aromatic rings. The van der Waals surface area contributed by atoms with Crippen LogP contribution in [0.15, 0.2) is 18.2 Å². The third-order valence-electron chi connectivity index (χ3n) is 3.35. The number of nitrogens with two attached hydrogens (primary N) is 1. The Hall–Kier alpha value is -1.52. The number of rotatable bonds is 4. The van der Waals surface area contributed by atoms with E-state index in [1.165, 1.54) is 0 Å². The van der Waals surface area contributed by atoms with E-state index in [0.29, 0.717) is 11.6 Å². The van der Waals surface area contributed by atoms with E-state index < -0.39 is 0 Å². The van der Waals surface area contributed by atoms with Gasteiger partial charge in [-0.05, 0) is 38.0 Å². The van der Waals surface area contributed by atoms with Crippen LogP contribution in [-0.2, 0) is 13.7 Å². The number of ether oxygens (including phenoxy) is 1. The molecule has 0 fully saturated rings. The van der Waals surface area contributed by atoms with Crippen LogP contribution in [0.25, 0.3) is 0 Å². The van der Waals surface area contributed by atoms with Crippen molar-refractivity contribution in [3.8, 4) is 5.75 Å². The fraction of sp³-hybridized carbons (Fsp3) is 0.400. The van der Waals surface area contributed by atoms with E-state index in [1.807, 2.05) is 40.0 Å². The molecule has 1 atom stereocenters. The van der Waals surface area contributed by atoms with Gasteiger partial charge >= 0.3 is 0 Å². The van der Waals surface area contributed by atoms with Crippen LogP contribution in [0.1, 0.15) is 35.5 Å². The van der Waals surface area contributed by atoms with Crippen LogP contribution in [0.2, 0.25) is 5.02 Å². The Labute approximate surface area is 124 Å². The van der Waals surface area contributed by atoms with E-state index >= 15 is 0 Å². The van der Waals surface area contributed by atoms with Crippen molar-refractivity contribution in [2.45, 2.75) is 33.4 Å². The second-order valence-electron chi connectivity index (χ2n) is 5.07. The molecule has 0 saturated carbocycles. The number of halogens is 1. The Morgan fingerprint density at radius 2 is 2.10 bits per heavy atom. The van der Waals surface area contributed by atoms with Crippen LogP contribution in [0.3, 0.4) is 0 Å². The van der Waals surface area contributed by atoms with Gasteiger partial charge in [0.1, 0.15) is 12.4 Å². The zero-order valence-electron chi connectivity index (χ0n) is 12.3. The Bertz CT molecular complexity index is 620. The topological polar surface area (TPSA) is 53.1 Å². The molecule has 1 heterocycles. The van der Waals surface area contributed by atoms with Crippen molar-refractivity contribution in [3.05, 3.63) is 45.7 Å². The molecule has 4 nitrogen and oxygen atoms in total. The first-order chi connectivity index (χ1) is 9.40. The second-order valence-corrected chi connectivity index (χ2v) is 5.45. The van der Waals surface area contributed by atoms with E-state index in [9.17, 15) is 0 Å². The Kier molecular flexibility index (Phi) is 4.35. The number of aromatic nitrogens is 2. The lowest BCUT2D eigenvalue weighted by molar-refractivity contribution is 0.293. The number of benzene rings is 1. The van der Waals surface area contributed by atoms with Gasteiger partial charge in [-0.25, -0.2) is 0 Å². The van der Waals surface area contributed by atoms with Crippen molar-refractivity contribution in [2.75, 3.05) is 0 Å². The molecule has 108 valence electrons. The fourth-order valence-corrected chi connectivity index (χ4v) is 2.32. The third kappa shape index (κ3) is 2.97. The summed E-state index contributed by atoms with van der Waals surface area (Å²) < 4.78 is 7.60. The molecule has 2 N–H and O–H groups in total. The van der Waals surface area contributed by atoms with Gasteiger partial charge < -0.3 is 10.5 Å². The number of hydrogen-bond acceptors (Lipinski definition) is 3. The molecule has 0 bridgehead atoms. The van der Waals surface area contributed by atoms with Gasteiger partial charge in [0.25, 0.3) is 0 Å².